The zero-order valence-corrected chi connectivity index (χ0v) is 14.2. The number of aryl methyl sites for hydroxylation is 1. The molecule has 0 aliphatic carbocycles. The summed E-state index contributed by atoms with van der Waals surface area (Å²) in [7, 11) is 0. The number of nitrogens with one attached hydrogen (secondary N) is 1. The van der Waals surface area contributed by atoms with E-state index in [4.69, 9.17) is 16.7 Å². The Kier molecular flexibility index (Phi) is 7.81. The first kappa shape index (κ1) is 19.2. The zero-order chi connectivity index (χ0) is 17.4. The van der Waals surface area contributed by atoms with Crippen LogP contribution >= 0.6 is 11.6 Å². The van der Waals surface area contributed by atoms with Gasteiger partial charge in [-0.05, 0) is 31.2 Å². The molecule has 23 heavy (non-hydrogen) atoms. The lowest BCUT2D eigenvalue weighted by Gasteiger charge is -2.16. The number of carbonyl (C=O) groups excluding carboxylic acids is 1. The van der Waals surface area contributed by atoms with Crippen molar-refractivity contribution in [1.82, 2.24) is 9.88 Å². The number of aliphatic carboxylic acids is 1. The molecule has 1 aromatic heterocycles. The second-order valence-electron chi connectivity index (χ2n) is 5.92. The summed E-state index contributed by atoms with van der Waals surface area (Å²) in [5.74, 6) is -1.11. The molecule has 6 nitrogen and oxygen atoms in total. The highest BCUT2D eigenvalue weighted by Crippen LogP contribution is 2.07. The summed E-state index contributed by atoms with van der Waals surface area (Å²) in [6.45, 7) is 4.29. The Labute approximate surface area is 140 Å². The normalized spacial score (nSPS) is 12.2. The molecule has 0 saturated carbocycles. The van der Waals surface area contributed by atoms with Crippen LogP contribution in [-0.2, 0) is 16.1 Å². The van der Waals surface area contributed by atoms with Crippen molar-refractivity contribution in [2.45, 2.75) is 52.1 Å². The molecule has 128 valence electrons. The lowest BCUT2D eigenvalue weighted by molar-refractivity contribution is -0.142. The van der Waals surface area contributed by atoms with Gasteiger partial charge in [0.15, 0.2) is 0 Å². The number of nitrogens with zero attached hydrogens (tertiary/aromatic N) is 1. The van der Waals surface area contributed by atoms with Crippen LogP contribution < -0.4 is 10.9 Å². The van der Waals surface area contributed by atoms with Crippen LogP contribution in [-0.4, -0.2) is 27.6 Å². The molecular weight excluding hydrogens is 320 g/mol. The van der Waals surface area contributed by atoms with Gasteiger partial charge in [-0.3, -0.25) is 9.59 Å². The molecule has 0 aromatic carbocycles. The van der Waals surface area contributed by atoms with Crippen molar-refractivity contribution < 1.29 is 14.7 Å². The molecular formula is C16H23ClN2O4. The molecule has 1 amide bonds. The van der Waals surface area contributed by atoms with Crippen LogP contribution in [0.2, 0.25) is 5.02 Å². The largest absolute Gasteiger partial charge is 0.480 e. The molecule has 1 rings (SSSR count). The van der Waals surface area contributed by atoms with Crippen molar-refractivity contribution in [3.05, 3.63) is 33.7 Å². The molecule has 1 heterocycles. The maximum atomic E-state index is 11.8. The van der Waals surface area contributed by atoms with E-state index in [0.29, 0.717) is 30.8 Å². The van der Waals surface area contributed by atoms with Gasteiger partial charge < -0.3 is 15.0 Å². The molecule has 2 N–H and O–H groups in total. The Hall–Kier alpha value is -1.82. The van der Waals surface area contributed by atoms with Crippen LogP contribution in [0.3, 0.4) is 0 Å². The SMILES string of the molecule is CC(C)CC(NC(=O)CCCCn1cc(Cl)ccc1=O)C(=O)O. The van der Waals surface area contributed by atoms with Gasteiger partial charge in [-0.1, -0.05) is 25.4 Å². The van der Waals surface area contributed by atoms with Gasteiger partial charge in [0.05, 0.1) is 5.02 Å². The van der Waals surface area contributed by atoms with Crippen LogP contribution in [0.1, 0.15) is 39.5 Å². The van der Waals surface area contributed by atoms with E-state index in [2.05, 4.69) is 5.32 Å². The summed E-state index contributed by atoms with van der Waals surface area (Å²) in [5.41, 5.74) is -0.137. The number of halogens is 1. The average molecular weight is 343 g/mol. The number of amides is 1. The highest BCUT2D eigenvalue weighted by atomic mass is 35.5. The fraction of sp³-hybridized carbons (Fsp3) is 0.562. The van der Waals surface area contributed by atoms with Crippen LogP contribution in [0, 0.1) is 5.92 Å². The molecule has 0 spiro atoms. The first-order valence-corrected chi connectivity index (χ1v) is 8.05. The zero-order valence-electron chi connectivity index (χ0n) is 13.4. The third-order valence-corrected chi connectivity index (χ3v) is 3.56. The number of hydrogen-bond acceptors (Lipinski definition) is 3. The molecule has 7 heteroatoms. The van der Waals surface area contributed by atoms with Gasteiger partial charge in [0.2, 0.25) is 5.91 Å². The number of carboxylic acid groups (broad SMARTS) is 1. The number of aromatic nitrogens is 1. The summed E-state index contributed by atoms with van der Waals surface area (Å²) in [4.78, 5) is 34.5. The van der Waals surface area contributed by atoms with Gasteiger partial charge in [-0.25, -0.2) is 4.79 Å². The van der Waals surface area contributed by atoms with Gasteiger partial charge >= 0.3 is 5.97 Å². The molecule has 0 radical (unpaired) electrons. The van der Waals surface area contributed by atoms with Crippen molar-refractivity contribution in [2.24, 2.45) is 5.92 Å². The van der Waals surface area contributed by atoms with Crippen LogP contribution in [0.5, 0.6) is 0 Å². The van der Waals surface area contributed by atoms with Gasteiger partial charge in [-0.2, -0.15) is 0 Å². The first-order valence-electron chi connectivity index (χ1n) is 7.67. The minimum absolute atomic E-state index is 0.137. The topological polar surface area (TPSA) is 88.4 Å². The minimum atomic E-state index is -1.02. The third kappa shape index (κ3) is 7.32. The average Bonchev–Trinajstić information content (AvgIpc) is 2.45. The van der Waals surface area contributed by atoms with Crippen LogP contribution in [0.25, 0.3) is 0 Å². The number of unbranched alkanes of at least 4 members (excludes halogenated alkanes) is 1. The predicted molar refractivity (Wildman–Crippen MR) is 88.6 cm³/mol. The fourth-order valence-corrected chi connectivity index (χ4v) is 2.38. The monoisotopic (exact) mass is 342 g/mol. The van der Waals surface area contributed by atoms with E-state index < -0.39 is 12.0 Å². The van der Waals surface area contributed by atoms with E-state index in [1.807, 2.05) is 13.8 Å². The summed E-state index contributed by atoms with van der Waals surface area (Å²) < 4.78 is 1.50. The molecule has 0 saturated heterocycles. The summed E-state index contributed by atoms with van der Waals surface area (Å²) in [5, 5.41) is 12.1. The Morgan fingerprint density at radius 2 is 2.00 bits per heavy atom. The van der Waals surface area contributed by atoms with Crippen molar-refractivity contribution >= 4 is 23.5 Å². The summed E-state index contributed by atoms with van der Waals surface area (Å²) in [6.07, 6.45) is 3.40. The van der Waals surface area contributed by atoms with Crippen LogP contribution in [0.4, 0.5) is 0 Å². The Balaban J connectivity index is 2.37. The Morgan fingerprint density at radius 1 is 1.30 bits per heavy atom. The van der Waals surface area contributed by atoms with Gasteiger partial charge in [-0.15, -0.1) is 0 Å². The number of carbonyl (C=O) groups is 2. The summed E-state index contributed by atoms with van der Waals surface area (Å²) >= 11 is 5.83. The molecule has 1 aromatic rings. The quantitative estimate of drug-likeness (QED) is 0.674. The van der Waals surface area contributed by atoms with E-state index >= 15 is 0 Å². The molecule has 0 fully saturated rings. The second-order valence-corrected chi connectivity index (χ2v) is 6.36. The third-order valence-electron chi connectivity index (χ3n) is 3.34. The van der Waals surface area contributed by atoms with Gasteiger partial charge in [0.1, 0.15) is 6.04 Å². The fourth-order valence-electron chi connectivity index (χ4n) is 2.20. The first-order chi connectivity index (χ1) is 10.8. The maximum Gasteiger partial charge on any atom is 0.326 e. The number of carboxylic acids is 1. The van der Waals surface area contributed by atoms with Crippen molar-refractivity contribution in [1.29, 1.82) is 0 Å². The lowest BCUT2D eigenvalue weighted by atomic mass is 10.0. The maximum absolute atomic E-state index is 11.8. The van der Waals surface area contributed by atoms with Crippen LogP contribution in [0.15, 0.2) is 23.1 Å². The minimum Gasteiger partial charge on any atom is -0.480 e. The Bertz CT molecular complexity index is 598. The predicted octanol–water partition coefficient (Wildman–Crippen LogP) is 2.29. The molecule has 1 atom stereocenters. The molecule has 0 bridgehead atoms. The van der Waals surface area contributed by atoms with E-state index in [1.54, 1.807) is 6.20 Å². The van der Waals surface area contributed by atoms with Gasteiger partial charge in [0.25, 0.3) is 5.56 Å². The number of hydrogen-bond donors (Lipinski definition) is 2. The number of rotatable bonds is 9. The van der Waals surface area contributed by atoms with Gasteiger partial charge in [0, 0.05) is 25.2 Å². The Morgan fingerprint density at radius 3 is 2.61 bits per heavy atom. The van der Waals surface area contributed by atoms with Crippen molar-refractivity contribution in [3.8, 4) is 0 Å². The standard InChI is InChI=1S/C16H23ClN2O4/c1-11(2)9-13(16(22)23)18-14(20)5-3-4-8-19-10-12(17)6-7-15(19)21/h6-7,10-11,13H,3-5,8-9H2,1-2H3,(H,18,20)(H,22,23). The van der Waals surface area contributed by atoms with Crippen molar-refractivity contribution in [2.75, 3.05) is 0 Å². The second kappa shape index (κ2) is 9.35. The molecule has 1 unspecified atom stereocenters. The van der Waals surface area contributed by atoms with Crippen molar-refractivity contribution in [3.63, 3.8) is 0 Å². The highest BCUT2D eigenvalue weighted by Gasteiger charge is 2.20. The van der Waals surface area contributed by atoms with E-state index in [-0.39, 0.29) is 23.8 Å². The molecule has 0 aliphatic heterocycles. The number of pyridine rings is 1. The smallest absolute Gasteiger partial charge is 0.326 e. The highest BCUT2D eigenvalue weighted by molar-refractivity contribution is 6.30. The lowest BCUT2D eigenvalue weighted by Crippen LogP contribution is -2.41. The van der Waals surface area contributed by atoms with E-state index in [0.717, 1.165) is 0 Å². The van der Waals surface area contributed by atoms with E-state index in [9.17, 15) is 14.4 Å². The molecule has 0 aliphatic rings. The summed E-state index contributed by atoms with van der Waals surface area (Å²) in [6, 6.07) is 2.09. The van der Waals surface area contributed by atoms with E-state index in [1.165, 1.54) is 16.7 Å².